The molecule has 0 radical (unpaired) electrons. The van der Waals surface area contributed by atoms with Gasteiger partial charge in [-0.1, -0.05) is 0 Å². The maximum atomic E-state index is 13.9. The minimum absolute atomic E-state index is 0.169. The van der Waals surface area contributed by atoms with Crippen LogP contribution < -0.4 is 9.64 Å². The lowest BCUT2D eigenvalue weighted by Gasteiger charge is -2.32. The molecule has 1 amide bonds. The molecule has 120 valence electrons. The Bertz CT molecular complexity index is 947. The molecule has 0 fully saturated rings. The molecule has 1 aliphatic heterocycles. The number of pyridine rings is 1. The van der Waals surface area contributed by atoms with Crippen molar-refractivity contribution >= 4 is 22.6 Å². The minimum Gasteiger partial charge on any atom is -0.471 e. The molecule has 0 aliphatic carbocycles. The second-order valence-corrected chi connectivity index (χ2v) is 5.55. The van der Waals surface area contributed by atoms with E-state index < -0.39 is 5.82 Å². The van der Waals surface area contributed by atoms with Gasteiger partial charge in [0.25, 0.3) is 5.91 Å². The topological polar surface area (TPSA) is 68.2 Å². The van der Waals surface area contributed by atoms with Gasteiger partial charge in [0, 0.05) is 24.7 Å². The highest BCUT2D eigenvalue weighted by Crippen LogP contribution is 2.32. The van der Waals surface area contributed by atoms with Gasteiger partial charge >= 0.3 is 0 Å². The summed E-state index contributed by atoms with van der Waals surface area (Å²) in [4.78, 5) is 27.0. The molecule has 1 atom stereocenters. The molecule has 1 aromatic carbocycles. The van der Waals surface area contributed by atoms with Crippen LogP contribution in [-0.4, -0.2) is 33.5 Å². The quantitative estimate of drug-likeness (QED) is 0.688. The Hall–Kier alpha value is -3.09. The molecule has 3 heterocycles. The van der Waals surface area contributed by atoms with Crippen LogP contribution in [0, 0.1) is 5.82 Å². The molecular formula is C17H13FN4O2. The predicted octanol–water partition coefficient (Wildman–Crippen LogP) is 2.59. The van der Waals surface area contributed by atoms with Crippen LogP contribution in [0.3, 0.4) is 0 Å². The lowest BCUT2D eigenvalue weighted by molar-refractivity contribution is 0.0959. The third-order valence-corrected chi connectivity index (χ3v) is 3.81. The SMILES string of the molecule is C[C@@H]1CN(C(=O)c2cc(F)cc3nccnc23)c2cccnc2O1. The Morgan fingerprint density at radius 3 is 2.96 bits per heavy atom. The zero-order valence-corrected chi connectivity index (χ0v) is 12.8. The smallest absolute Gasteiger partial charge is 0.260 e. The van der Waals surface area contributed by atoms with Crippen molar-refractivity contribution in [2.45, 2.75) is 13.0 Å². The van der Waals surface area contributed by atoms with Crippen LogP contribution in [0.15, 0.2) is 42.9 Å². The summed E-state index contributed by atoms with van der Waals surface area (Å²) in [5.74, 6) is -0.500. The number of fused-ring (bicyclic) bond motifs is 2. The number of anilines is 1. The van der Waals surface area contributed by atoms with Gasteiger partial charge in [0.15, 0.2) is 0 Å². The largest absolute Gasteiger partial charge is 0.471 e. The molecule has 2 aromatic heterocycles. The average Bonchev–Trinajstić information content (AvgIpc) is 2.59. The number of aromatic nitrogens is 3. The Balaban J connectivity index is 1.86. The number of rotatable bonds is 1. The van der Waals surface area contributed by atoms with Gasteiger partial charge in [-0.25, -0.2) is 9.37 Å². The molecule has 6 nitrogen and oxygen atoms in total. The third kappa shape index (κ3) is 2.34. The van der Waals surface area contributed by atoms with Gasteiger partial charge in [-0.15, -0.1) is 0 Å². The molecule has 0 bridgehead atoms. The van der Waals surface area contributed by atoms with E-state index in [1.54, 1.807) is 23.2 Å². The number of carbonyl (C=O) groups excluding carboxylic acids is 1. The van der Waals surface area contributed by atoms with E-state index >= 15 is 0 Å². The molecule has 7 heteroatoms. The van der Waals surface area contributed by atoms with E-state index in [-0.39, 0.29) is 17.6 Å². The Labute approximate surface area is 136 Å². The lowest BCUT2D eigenvalue weighted by atomic mass is 10.1. The van der Waals surface area contributed by atoms with Crippen LogP contribution in [0.25, 0.3) is 11.0 Å². The normalized spacial score (nSPS) is 16.6. The van der Waals surface area contributed by atoms with E-state index in [1.165, 1.54) is 24.5 Å². The minimum atomic E-state index is -0.529. The van der Waals surface area contributed by atoms with Gasteiger partial charge in [-0.3, -0.25) is 19.7 Å². The average molecular weight is 324 g/mol. The maximum Gasteiger partial charge on any atom is 0.260 e. The van der Waals surface area contributed by atoms with Crippen molar-refractivity contribution in [3.63, 3.8) is 0 Å². The number of amides is 1. The van der Waals surface area contributed by atoms with Crippen LogP contribution in [0.5, 0.6) is 5.88 Å². The third-order valence-electron chi connectivity index (χ3n) is 3.81. The summed E-state index contributed by atoms with van der Waals surface area (Å²) in [6.07, 6.45) is 4.32. The van der Waals surface area contributed by atoms with Crippen LogP contribution in [0.1, 0.15) is 17.3 Å². The number of nitrogens with zero attached hydrogens (tertiary/aromatic N) is 4. The van der Waals surface area contributed by atoms with E-state index in [2.05, 4.69) is 15.0 Å². The van der Waals surface area contributed by atoms with Gasteiger partial charge in [-0.05, 0) is 25.1 Å². The zero-order chi connectivity index (χ0) is 16.7. The predicted molar refractivity (Wildman–Crippen MR) is 85.5 cm³/mol. The van der Waals surface area contributed by atoms with Crippen LogP contribution in [0.4, 0.5) is 10.1 Å². The Kier molecular flexibility index (Phi) is 3.34. The summed E-state index contributed by atoms with van der Waals surface area (Å²) >= 11 is 0. The van der Waals surface area contributed by atoms with Gasteiger partial charge in [0.1, 0.15) is 23.1 Å². The van der Waals surface area contributed by atoms with E-state index in [9.17, 15) is 9.18 Å². The summed E-state index contributed by atoms with van der Waals surface area (Å²) in [5, 5.41) is 0. The molecule has 1 aliphatic rings. The van der Waals surface area contributed by atoms with E-state index in [4.69, 9.17) is 4.74 Å². The van der Waals surface area contributed by atoms with Crippen molar-refractivity contribution in [2.24, 2.45) is 0 Å². The second kappa shape index (κ2) is 5.52. The fourth-order valence-electron chi connectivity index (χ4n) is 2.80. The number of benzene rings is 1. The first-order valence-electron chi connectivity index (χ1n) is 7.47. The van der Waals surface area contributed by atoms with Crippen molar-refractivity contribution < 1.29 is 13.9 Å². The monoisotopic (exact) mass is 324 g/mol. The maximum absolute atomic E-state index is 13.9. The summed E-state index contributed by atoms with van der Waals surface area (Å²) in [5.41, 5.74) is 1.44. The van der Waals surface area contributed by atoms with Crippen LogP contribution in [0.2, 0.25) is 0 Å². The first-order valence-corrected chi connectivity index (χ1v) is 7.47. The molecule has 0 saturated carbocycles. The van der Waals surface area contributed by atoms with E-state index in [1.807, 2.05) is 6.92 Å². The summed E-state index contributed by atoms with van der Waals surface area (Å²) in [6, 6.07) is 5.92. The number of carbonyl (C=O) groups is 1. The molecule has 3 aromatic rings. The number of hydrogen-bond acceptors (Lipinski definition) is 5. The van der Waals surface area contributed by atoms with Crippen molar-refractivity contribution in [2.75, 3.05) is 11.4 Å². The highest BCUT2D eigenvalue weighted by Gasteiger charge is 2.30. The van der Waals surface area contributed by atoms with Crippen LogP contribution in [-0.2, 0) is 0 Å². The number of halogens is 1. The first-order chi connectivity index (χ1) is 11.6. The number of ether oxygens (including phenoxy) is 1. The molecule has 24 heavy (non-hydrogen) atoms. The van der Waals surface area contributed by atoms with Crippen molar-refractivity contribution in [3.8, 4) is 5.88 Å². The molecule has 4 rings (SSSR count). The molecule has 0 N–H and O–H groups in total. The van der Waals surface area contributed by atoms with Gasteiger partial charge in [0.2, 0.25) is 5.88 Å². The molecule has 0 spiro atoms. The second-order valence-electron chi connectivity index (χ2n) is 5.55. The molecule has 0 saturated heterocycles. The van der Waals surface area contributed by atoms with Crippen molar-refractivity contribution in [1.29, 1.82) is 0 Å². The number of hydrogen-bond donors (Lipinski definition) is 0. The van der Waals surface area contributed by atoms with Gasteiger partial charge < -0.3 is 4.74 Å². The Morgan fingerprint density at radius 1 is 1.25 bits per heavy atom. The molecular weight excluding hydrogens is 311 g/mol. The highest BCUT2D eigenvalue weighted by atomic mass is 19.1. The lowest BCUT2D eigenvalue weighted by Crippen LogP contribution is -2.42. The van der Waals surface area contributed by atoms with E-state index in [0.717, 1.165) is 0 Å². The van der Waals surface area contributed by atoms with E-state index in [0.29, 0.717) is 29.1 Å². The fraction of sp³-hybridized carbons (Fsp3) is 0.176. The first kappa shape index (κ1) is 14.5. The van der Waals surface area contributed by atoms with Crippen LogP contribution >= 0.6 is 0 Å². The highest BCUT2D eigenvalue weighted by molar-refractivity contribution is 6.13. The Morgan fingerprint density at radius 2 is 2.08 bits per heavy atom. The van der Waals surface area contributed by atoms with Crippen molar-refractivity contribution in [1.82, 2.24) is 15.0 Å². The fourth-order valence-corrected chi connectivity index (χ4v) is 2.80. The summed E-state index contributed by atoms with van der Waals surface area (Å²) in [6.45, 7) is 2.19. The molecule has 0 unspecified atom stereocenters. The standard InChI is InChI=1S/C17H13FN4O2/c1-10-9-22(14-3-2-4-21-16(14)24-10)17(23)12-7-11(18)8-13-15(12)20-6-5-19-13/h2-8,10H,9H2,1H3/t10-/m1/s1. The summed E-state index contributed by atoms with van der Waals surface area (Å²) < 4.78 is 19.6. The van der Waals surface area contributed by atoms with Gasteiger partial charge in [-0.2, -0.15) is 0 Å². The van der Waals surface area contributed by atoms with Gasteiger partial charge in [0.05, 0.1) is 17.6 Å². The van der Waals surface area contributed by atoms with Crippen molar-refractivity contribution in [3.05, 3.63) is 54.2 Å². The summed E-state index contributed by atoms with van der Waals surface area (Å²) in [7, 11) is 0. The zero-order valence-electron chi connectivity index (χ0n) is 12.8.